The summed E-state index contributed by atoms with van der Waals surface area (Å²) in [4.78, 5) is 63.3. The van der Waals surface area contributed by atoms with E-state index in [4.69, 9.17) is 25.1 Å². The molecule has 1 fully saturated rings. The summed E-state index contributed by atoms with van der Waals surface area (Å²) in [6, 6.07) is -0.172. The number of phosphoric ester groups is 1. The third-order valence-electron chi connectivity index (χ3n) is 5.61. The van der Waals surface area contributed by atoms with Crippen LogP contribution in [0, 0.1) is 0 Å². The second-order valence-electron chi connectivity index (χ2n) is 8.70. The number of carbonyl (C=O) groups excluding carboxylic acids is 1. The maximum absolute atomic E-state index is 12.5. The van der Waals surface area contributed by atoms with Crippen LogP contribution in [0.3, 0.4) is 0 Å². The van der Waals surface area contributed by atoms with Gasteiger partial charge >= 0.3 is 94.4 Å². The van der Waals surface area contributed by atoms with Gasteiger partial charge in [-0.1, -0.05) is 0 Å². The minimum atomic E-state index is -6.04. The van der Waals surface area contributed by atoms with Crippen LogP contribution in [0.25, 0.3) is 0 Å². The van der Waals surface area contributed by atoms with Crippen molar-refractivity contribution in [2.75, 3.05) is 25.6 Å². The zero-order chi connectivity index (χ0) is 30.7. The Morgan fingerprint density at radius 3 is 2.39 bits per heavy atom. The van der Waals surface area contributed by atoms with Crippen LogP contribution in [-0.4, -0.2) is 98.3 Å². The number of nitrogens with two attached hydrogens (primary N) is 1. The van der Waals surface area contributed by atoms with Crippen molar-refractivity contribution in [2.45, 2.75) is 55.7 Å². The smallest absolute Gasteiger partial charge is 0.809 e. The number of anilines is 1. The number of hydrogen-bond acceptors (Lipinski definition) is 18. The van der Waals surface area contributed by atoms with Gasteiger partial charge in [0.05, 0.1) is 19.8 Å². The third-order valence-corrected chi connectivity index (χ3v) is 7.65. The number of phosphoric acid groups is 1. The molecule has 9 atom stereocenters. The van der Waals surface area contributed by atoms with Gasteiger partial charge in [-0.3, -0.25) is 13.9 Å². The van der Waals surface area contributed by atoms with Crippen LogP contribution in [0.15, 0.2) is 28.9 Å². The monoisotopic (exact) mass is 698 g/mol. The van der Waals surface area contributed by atoms with Crippen molar-refractivity contribution in [3.63, 3.8) is 0 Å². The fraction of sp³-hybridized carbons (Fsp3) is 0.632. The van der Waals surface area contributed by atoms with E-state index in [1.165, 1.54) is 6.07 Å². The first-order valence-electron chi connectivity index (χ1n) is 11.6. The number of aliphatic hydroxyl groups is 4. The molecule has 3 heterocycles. The van der Waals surface area contributed by atoms with E-state index in [9.17, 15) is 48.7 Å². The fourth-order valence-corrected chi connectivity index (χ4v) is 5.82. The van der Waals surface area contributed by atoms with Crippen molar-refractivity contribution in [2.24, 2.45) is 0 Å². The third kappa shape index (κ3) is 12.0. The molecular formula is C19H27N4Na3O16P2. The summed E-state index contributed by atoms with van der Waals surface area (Å²) in [5, 5.41) is 42.2. The number of nitrogens with one attached hydrogen (secondary N) is 1. The standard InChI is InChI=1S/C19H30N4O16P2.3Na/c1-8(25)21-13-9(26)6-10(38-17(13)35-5-4-24)18(40(30,31)32)39-41(33,34)36-7-11-14(27)15(28)16(37-11)23-3-2-12(20)22-19(23)29;;;/h2-3,6,9,11,13-18,24,26-28H,4-5,7H2,1H3,(H,21,25)(H,33,34)(H2,20,22,29)(H2,30,31,32);;;/q;3*+1/p-3/t9-,11+,13+,14+,15+,16+,17+,18?;;;/m0.../s1. The number of aromatic nitrogens is 2. The molecule has 1 amide bonds. The maximum Gasteiger partial charge on any atom is 1.00 e. The van der Waals surface area contributed by atoms with E-state index in [2.05, 4.69) is 19.3 Å². The Kier molecular flexibility index (Phi) is 19.3. The van der Waals surface area contributed by atoms with Gasteiger partial charge in [-0.25, -0.2) is 4.79 Å². The molecule has 1 aromatic heterocycles. The second-order valence-corrected chi connectivity index (χ2v) is 11.6. The summed E-state index contributed by atoms with van der Waals surface area (Å²) >= 11 is 0. The molecule has 7 N–H and O–H groups in total. The number of nitrogens with zero attached hydrogens (tertiary/aromatic N) is 2. The summed E-state index contributed by atoms with van der Waals surface area (Å²) in [6.45, 7) is -1.01. The van der Waals surface area contributed by atoms with E-state index in [1.807, 2.05) is 0 Å². The molecular weight excluding hydrogens is 671 g/mol. The van der Waals surface area contributed by atoms with Gasteiger partial charge in [0, 0.05) is 13.1 Å². The minimum Gasteiger partial charge on any atom is -0.809 e. The van der Waals surface area contributed by atoms with Crippen LogP contribution >= 0.6 is 15.4 Å². The molecule has 2 aliphatic rings. The summed E-state index contributed by atoms with van der Waals surface area (Å²) in [5.74, 6) is -4.77. The van der Waals surface area contributed by atoms with Gasteiger partial charge in [0.25, 0.3) is 7.82 Å². The molecule has 1 aromatic rings. The molecule has 44 heavy (non-hydrogen) atoms. The Bertz CT molecular complexity index is 1290. The molecule has 0 radical (unpaired) electrons. The number of ether oxygens (including phenoxy) is 3. The molecule has 2 aliphatic heterocycles. The number of rotatable bonds is 12. The van der Waals surface area contributed by atoms with Gasteiger partial charge in [-0.15, -0.1) is 0 Å². The molecule has 1 saturated heterocycles. The summed E-state index contributed by atoms with van der Waals surface area (Å²) in [7, 11) is -11.8. The molecule has 20 nitrogen and oxygen atoms in total. The first-order chi connectivity index (χ1) is 19.0. The van der Waals surface area contributed by atoms with E-state index in [0.29, 0.717) is 6.08 Å². The van der Waals surface area contributed by atoms with Crippen LogP contribution in [0.1, 0.15) is 13.2 Å². The van der Waals surface area contributed by atoms with E-state index in [0.717, 1.165) is 17.7 Å². The predicted octanol–water partition coefficient (Wildman–Crippen LogP) is -14.7. The van der Waals surface area contributed by atoms with Gasteiger partial charge in [0.1, 0.15) is 47.9 Å². The van der Waals surface area contributed by atoms with Crippen molar-refractivity contribution in [1.82, 2.24) is 14.9 Å². The summed E-state index contributed by atoms with van der Waals surface area (Å²) in [6.07, 6.45) is -8.53. The van der Waals surface area contributed by atoms with Crippen molar-refractivity contribution in [3.05, 3.63) is 34.6 Å². The predicted molar refractivity (Wildman–Crippen MR) is 124 cm³/mol. The number of nitrogen functional groups attached to an aromatic ring is 1. The van der Waals surface area contributed by atoms with E-state index in [1.54, 1.807) is 0 Å². The van der Waals surface area contributed by atoms with Crippen LogP contribution in [0.5, 0.6) is 0 Å². The van der Waals surface area contributed by atoms with Crippen molar-refractivity contribution in [3.8, 4) is 0 Å². The molecule has 0 aromatic carbocycles. The molecule has 3 rings (SSSR count). The topological polar surface area (TPSA) is 320 Å². The molecule has 232 valence electrons. The Hall–Kier alpha value is 0.710. The van der Waals surface area contributed by atoms with Gasteiger partial charge in [0.2, 0.25) is 12.2 Å². The Morgan fingerprint density at radius 2 is 1.84 bits per heavy atom. The number of carbonyl (C=O) groups is 1. The summed E-state index contributed by atoms with van der Waals surface area (Å²) in [5.41, 5.74) is 4.43. The molecule has 0 bridgehead atoms. The van der Waals surface area contributed by atoms with Crippen LogP contribution in [0.4, 0.5) is 5.82 Å². The molecule has 2 unspecified atom stereocenters. The van der Waals surface area contributed by atoms with Gasteiger partial charge in [0.15, 0.2) is 6.23 Å². The molecule has 25 heteroatoms. The van der Waals surface area contributed by atoms with Crippen LogP contribution in [-0.2, 0) is 37.2 Å². The Morgan fingerprint density at radius 1 is 1.20 bits per heavy atom. The average molecular weight is 698 g/mol. The van der Waals surface area contributed by atoms with Gasteiger partial charge in [-0.2, -0.15) is 4.98 Å². The second kappa shape index (κ2) is 19.0. The van der Waals surface area contributed by atoms with Crippen molar-refractivity contribution in [1.29, 1.82) is 0 Å². The Balaban J connectivity index is 0.00000616. The molecule has 0 spiro atoms. The summed E-state index contributed by atoms with van der Waals surface area (Å²) < 4.78 is 49.8. The van der Waals surface area contributed by atoms with Gasteiger partial charge in [-0.05, 0) is 19.7 Å². The van der Waals surface area contributed by atoms with E-state index < -0.39 is 101 Å². The molecule has 0 saturated carbocycles. The minimum absolute atomic E-state index is 0. The first kappa shape index (κ1) is 44.7. The van der Waals surface area contributed by atoms with Crippen molar-refractivity contribution < 1.29 is 161 Å². The van der Waals surface area contributed by atoms with E-state index >= 15 is 0 Å². The number of hydrogen-bond donors (Lipinski definition) is 6. The number of aliphatic hydroxyl groups excluding tert-OH is 4. The van der Waals surface area contributed by atoms with Crippen molar-refractivity contribution >= 4 is 27.1 Å². The average Bonchev–Trinajstić information content (AvgIpc) is 3.14. The zero-order valence-corrected chi connectivity index (χ0v) is 31.8. The maximum atomic E-state index is 12.5. The first-order valence-corrected chi connectivity index (χ1v) is 14.7. The molecule has 0 aliphatic carbocycles. The van der Waals surface area contributed by atoms with E-state index in [-0.39, 0.29) is 94.5 Å². The Labute approximate surface area is 315 Å². The van der Waals surface area contributed by atoms with Crippen LogP contribution in [0.2, 0.25) is 0 Å². The fourth-order valence-electron chi connectivity index (χ4n) is 3.81. The number of amides is 1. The van der Waals surface area contributed by atoms with Gasteiger partial charge < -0.3 is 74.0 Å². The van der Waals surface area contributed by atoms with Crippen LogP contribution < -0.4 is 120 Å². The SMILES string of the molecule is CC(=O)N[C@H]1[C@H](OCCO)OC(C(OP(=O)([O-])OC[C@H]2O[C@@H](n3ccc(N)nc3=O)[C@H](O)[C@@H]2O)P(=O)([O-])[O-])=C[C@@H]1O.[Na+].[Na+].[Na+]. The zero-order valence-electron chi connectivity index (χ0n) is 24.0. The quantitative estimate of drug-likeness (QED) is 0.0872. The largest absolute Gasteiger partial charge is 1.00 e. The normalized spacial score (nSPS) is 28.5.